The molecule has 1 radical (unpaired) electrons. The van der Waals surface area contributed by atoms with Crippen LogP contribution in [0.5, 0.6) is 0 Å². The van der Waals surface area contributed by atoms with Crippen LogP contribution in [0.4, 0.5) is 17.1 Å². The minimum Gasteiger partial charge on any atom is -0.322 e. The zero-order valence-electron chi connectivity index (χ0n) is 10.5. The first-order chi connectivity index (χ1) is 9.97. The van der Waals surface area contributed by atoms with Gasteiger partial charge < -0.3 is 5.32 Å². The van der Waals surface area contributed by atoms with Crippen LogP contribution in [0.25, 0.3) is 0 Å². The molecule has 2 aromatic rings. The van der Waals surface area contributed by atoms with Crippen LogP contribution in [-0.2, 0) is 0 Å². The topological polar surface area (TPSA) is 115 Å². The summed E-state index contributed by atoms with van der Waals surface area (Å²) in [4.78, 5) is 31.9. The number of anilines is 1. The molecule has 2 aromatic carbocycles. The van der Waals surface area contributed by atoms with Crippen LogP contribution in [0.1, 0.15) is 10.4 Å². The van der Waals surface area contributed by atoms with Crippen molar-refractivity contribution in [3.8, 4) is 0 Å². The molecule has 8 heteroatoms. The first-order valence-electron chi connectivity index (χ1n) is 5.69. The lowest BCUT2D eigenvalue weighted by atomic mass is 10.1. The Balaban J connectivity index is 2.36. The van der Waals surface area contributed by atoms with Crippen molar-refractivity contribution < 1.29 is 14.6 Å². The maximum absolute atomic E-state index is 12.0. The van der Waals surface area contributed by atoms with E-state index in [1.54, 1.807) is 24.3 Å². The van der Waals surface area contributed by atoms with Crippen LogP contribution < -0.4 is 5.32 Å². The monoisotopic (exact) mass is 286 g/mol. The second-order valence-corrected chi connectivity index (χ2v) is 4.00. The zero-order valence-corrected chi connectivity index (χ0v) is 10.5. The number of amides is 1. The Kier molecular flexibility index (Phi) is 3.89. The van der Waals surface area contributed by atoms with E-state index in [0.717, 1.165) is 18.2 Å². The molecule has 21 heavy (non-hydrogen) atoms. The number of nitro benzene ring substituents is 2. The number of non-ortho nitro benzene ring substituents is 2. The standard InChI is InChI=1S/C13H8N3O5/c17-13(14-10-4-2-1-3-5-10)9-6-11(15(18)19)8-12(7-9)16(20)21/h2-8H,(H,14,17). The van der Waals surface area contributed by atoms with Crippen LogP contribution in [0.3, 0.4) is 0 Å². The molecule has 0 aliphatic rings. The van der Waals surface area contributed by atoms with Crippen molar-refractivity contribution in [3.63, 3.8) is 0 Å². The van der Waals surface area contributed by atoms with Crippen molar-refractivity contribution in [2.45, 2.75) is 0 Å². The first kappa shape index (κ1) is 14.1. The number of rotatable bonds is 4. The summed E-state index contributed by atoms with van der Waals surface area (Å²) in [5.41, 5.74) is -0.747. The number of nitro groups is 2. The van der Waals surface area contributed by atoms with E-state index in [-0.39, 0.29) is 5.56 Å². The summed E-state index contributed by atoms with van der Waals surface area (Å²) in [5, 5.41) is 24.0. The third-order valence-corrected chi connectivity index (χ3v) is 2.56. The van der Waals surface area contributed by atoms with Gasteiger partial charge in [0.05, 0.1) is 21.5 Å². The average molecular weight is 286 g/mol. The highest BCUT2D eigenvalue weighted by Crippen LogP contribution is 2.23. The van der Waals surface area contributed by atoms with Crippen LogP contribution in [0.15, 0.2) is 42.5 Å². The van der Waals surface area contributed by atoms with Crippen molar-refractivity contribution >= 4 is 23.0 Å². The summed E-state index contributed by atoms with van der Waals surface area (Å²) in [5.74, 6) is -0.673. The van der Waals surface area contributed by atoms with Gasteiger partial charge in [-0.3, -0.25) is 25.0 Å². The highest BCUT2D eigenvalue weighted by Gasteiger charge is 2.19. The van der Waals surface area contributed by atoms with E-state index >= 15 is 0 Å². The highest BCUT2D eigenvalue weighted by molar-refractivity contribution is 6.05. The van der Waals surface area contributed by atoms with E-state index in [4.69, 9.17) is 0 Å². The Hall–Kier alpha value is -3.29. The van der Waals surface area contributed by atoms with E-state index in [2.05, 4.69) is 11.4 Å². The van der Waals surface area contributed by atoms with Gasteiger partial charge in [0.2, 0.25) is 0 Å². The number of hydrogen-bond acceptors (Lipinski definition) is 5. The summed E-state index contributed by atoms with van der Waals surface area (Å²) in [6.45, 7) is 0. The lowest BCUT2D eigenvalue weighted by Crippen LogP contribution is -2.12. The number of nitrogens with one attached hydrogen (secondary N) is 1. The second kappa shape index (κ2) is 5.78. The molecule has 0 bridgehead atoms. The number of hydrogen-bond donors (Lipinski definition) is 1. The third-order valence-electron chi connectivity index (χ3n) is 2.56. The maximum Gasteiger partial charge on any atom is 0.277 e. The van der Waals surface area contributed by atoms with E-state index in [1.165, 1.54) is 0 Å². The summed E-state index contributed by atoms with van der Waals surface area (Å²) in [6, 6.07) is 11.8. The van der Waals surface area contributed by atoms with Crippen LogP contribution in [-0.4, -0.2) is 15.8 Å². The summed E-state index contributed by atoms with van der Waals surface area (Å²) in [7, 11) is 0. The fourth-order valence-corrected chi connectivity index (χ4v) is 1.61. The zero-order chi connectivity index (χ0) is 15.4. The smallest absolute Gasteiger partial charge is 0.277 e. The molecule has 0 saturated carbocycles. The van der Waals surface area contributed by atoms with Gasteiger partial charge in [-0.15, -0.1) is 0 Å². The average Bonchev–Trinajstić information content (AvgIpc) is 2.47. The molecule has 2 rings (SSSR count). The molecule has 0 fully saturated rings. The van der Waals surface area contributed by atoms with Gasteiger partial charge >= 0.3 is 0 Å². The maximum atomic E-state index is 12.0. The number of nitrogens with zero attached hydrogens (tertiary/aromatic N) is 2. The molecule has 1 amide bonds. The fraction of sp³-hybridized carbons (Fsp3) is 0. The largest absolute Gasteiger partial charge is 0.322 e. The normalized spacial score (nSPS) is 9.90. The van der Waals surface area contributed by atoms with E-state index in [9.17, 15) is 25.0 Å². The van der Waals surface area contributed by atoms with Crippen LogP contribution in [0.2, 0.25) is 0 Å². The predicted molar refractivity (Wildman–Crippen MR) is 73.0 cm³/mol. The second-order valence-electron chi connectivity index (χ2n) is 4.00. The molecular formula is C13H8N3O5. The Morgan fingerprint density at radius 2 is 1.52 bits per heavy atom. The minimum absolute atomic E-state index is 0.163. The predicted octanol–water partition coefficient (Wildman–Crippen LogP) is 2.56. The Bertz CT molecular complexity index is 683. The van der Waals surface area contributed by atoms with Gasteiger partial charge in [0, 0.05) is 17.8 Å². The number of carbonyl (C=O) groups excluding carboxylic acids is 1. The Labute approximate surface area is 118 Å². The minimum atomic E-state index is -0.790. The molecule has 0 aromatic heterocycles. The van der Waals surface area contributed by atoms with Gasteiger partial charge in [-0.25, -0.2) is 0 Å². The van der Waals surface area contributed by atoms with E-state index in [1.807, 2.05) is 0 Å². The number of carbonyl (C=O) groups is 1. The summed E-state index contributed by atoms with van der Waals surface area (Å²) >= 11 is 0. The summed E-state index contributed by atoms with van der Waals surface area (Å²) < 4.78 is 0. The van der Waals surface area contributed by atoms with Gasteiger partial charge in [-0.2, -0.15) is 0 Å². The SMILES string of the molecule is O=C(Nc1cc[c]cc1)c1cc([N+](=O)[O-])cc([N+](=O)[O-])c1. The fourth-order valence-electron chi connectivity index (χ4n) is 1.61. The van der Waals surface area contributed by atoms with Gasteiger partial charge in [-0.05, 0) is 18.2 Å². The summed E-state index contributed by atoms with van der Waals surface area (Å²) in [6.07, 6.45) is 0. The Morgan fingerprint density at radius 3 is 2.00 bits per heavy atom. The quantitative estimate of drug-likeness (QED) is 0.684. The van der Waals surface area contributed by atoms with Gasteiger partial charge in [0.1, 0.15) is 0 Å². The first-order valence-corrected chi connectivity index (χ1v) is 5.69. The molecule has 0 heterocycles. The lowest BCUT2D eigenvalue weighted by Gasteiger charge is -2.05. The molecule has 0 spiro atoms. The molecule has 0 aliphatic heterocycles. The molecule has 105 valence electrons. The van der Waals surface area contributed by atoms with Gasteiger partial charge in [0.15, 0.2) is 0 Å². The van der Waals surface area contributed by atoms with Crippen LogP contribution >= 0.6 is 0 Å². The van der Waals surface area contributed by atoms with E-state index < -0.39 is 27.1 Å². The molecule has 0 aliphatic carbocycles. The van der Waals surface area contributed by atoms with Crippen LogP contribution in [0, 0.1) is 26.3 Å². The third kappa shape index (κ3) is 3.38. The van der Waals surface area contributed by atoms with Crippen molar-refractivity contribution in [2.75, 3.05) is 5.32 Å². The highest BCUT2D eigenvalue weighted by atomic mass is 16.6. The molecule has 0 saturated heterocycles. The van der Waals surface area contributed by atoms with Crippen molar-refractivity contribution in [1.29, 1.82) is 0 Å². The van der Waals surface area contributed by atoms with E-state index in [0.29, 0.717) is 5.69 Å². The Morgan fingerprint density at radius 1 is 1.00 bits per heavy atom. The number of benzene rings is 2. The molecular weight excluding hydrogens is 278 g/mol. The van der Waals surface area contributed by atoms with Crippen molar-refractivity contribution in [2.24, 2.45) is 0 Å². The van der Waals surface area contributed by atoms with Gasteiger partial charge in [-0.1, -0.05) is 12.1 Å². The molecule has 0 atom stereocenters. The molecule has 0 unspecified atom stereocenters. The van der Waals surface area contributed by atoms with Crippen molar-refractivity contribution in [1.82, 2.24) is 0 Å². The van der Waals surface area contributed by atoms with Crippen molar-refractivity contribution in [3.05, 3.63) is 74.3 Å². The molecule has 8 nitrogen and oxygen atoms in total. The lowest BCUT2D eigenvalue weighted by molar-refractivity contribution is -0.394. The van der Waals surface area contributed by atoms with Gasteiger partial charge in [0.25, 0.3) is 17.3 Å². The molecule has 1 N–H and O–H groups in total.